The number of ether oxygens (including phenoxy) is 2. The molecule has 1 N–H and O–H groups in total. The van der Waals surface area contributed by atoms with Crippen LogP contribution in [0.5, 0.6) is 11.5 Å². The molecule has 2 atom stereocenters. The van der Waals surface area contributed by atoms with Gasteiger partial charge in [-0.3, -0.25) is 0 Å². The van der Waals surface area contributed by atoms with Crippen LogP contribution in [0.3, 0.4) is 0 Å². The molecule has 116 valence electrons. The van der Waals surface area contributed by atoms with Gasteiger partial charge in [0.1, 0.15) is 0 Å². The Labute approximate surface area is 128 Å². The van der Waals surface area contributed by atoms with E-state index in [0.717, 1.165) is 30.4 Å². The number of hydrogen-bond donors (Lipinski definition) is 1. The molecule has 0 amide bonds. The summed E-state index contributed by atoms with van der Waals surface area (Å²) in [5.74, 6) is 2.61. The van der Waals surface area contributed by atoms with E-state index in [2.05, 4.69) is 45.1 Å². The van der Waals surface area contributed by atoms with Gasteiger partial charge in [0, 0.05) is 5.54 Å². The molecule has 0 bridgehead atoms. The lowest BCUT2D eigenvalue weighted by Crippen LogP contribution is -2.37. The highest BCUT2D eigenvalue weighted by molar-refractivity contribution is 5.44. The molecular weight excluding hydrogens is 262 g/mol. The monoisotopic (exact) mass is 289 g/mol. The minimum Gasteiger partial charge on any atom is -0.454 e. The number of hydrogen-bond acceptors (Lipinski definition) is 3. The third-order valence-electron chi connectivity index (χ3n) is 4.84. The normalized spacial score (nSPS) is 27.0. The van der Waals surface area contributed by atoms with Crippen molar-refractivity contribution in [3.05, 3.63) is 23.8 Å². The van der Waals surface area contributed by atoms with Gasteiger partial charge in [-0.25, -0.2) is 0 Å². The second kappa shape index (κ2) is 5.20. The summed E-state index contributed by atoms with van der Waals surface area (Å²) in [5, 5.41) is 3.63. The van der Waals surface area contributed by atoms with Crippen LogP contribution in [0.4, 0.5) is 0 Å². The van der Waals surface area contributed by atoms with E-state index in [1.54, 1.807) is 0 Å². The van der Waals surface area contributed by atoms with Gasteiger partial charge in [0.05, 0.1) is 0 Å². The first kappa shape index (κ1) is 14.7. The highest BCUT2D eigenvalue weighted by Gasteiger charge is 2.48. The Morgan fingerprint density at radius 3 is 2.76 bits per heavy atom. The van der Waals surface area contributed by atoms with E-state index >= 15 is 0 Å². The second-order valence-corrected chi connectivity index (χ2v) is 7.87. The fourth-order valence-electron chi connectivity index (χ4n) is 3.08. The summed E-state index contributed by atoms with van der Waals surface area (Å²) >= 11 is 0. The Balaban J connectivity index is 1.49. The summed E-state index contributed by atoms with van der Waals surface area (Å²) in [4.78, 5) is 0. The van der Waals surface area contributed by atoms with Crippen molar-refractivity contribution in [1.29, 1.82) is 0 Å². The first-order valence-electron chi connectivity index (χ1n) is 7.99. The van der Waals surface area contributed by atoms with Crippen LogP contribution in [0.1, 0.15) is 46.1 Å². The van der Waals surface area contributed by atoms with E-state index in [9.17, 15) is 0 Å². The molecule has 3 heteroatoms. The Kier molecular flexibility index (Phi) is 3.64. The summed E-state index contributed by atoms with van der Waals surface area (Å²) in [6.07, 6.45) is 3.73. The molecule has 1 saturated carbocycles. The highest BCUT2D eigenvalue weighted by atomic mass is 16.7. The van der Waals surface area contributed by atoms with Gasteiger partial charge >= 0.3 is 0 Å². The van der Waals surface area contributed by atoms with Crippen molar-refractivity contribution in [3.8, 4) is 11.5 Å². The molecule has 1 heterocycles. The molecule has 2 aliphatic rings. The average molecular weight is 289 g/mol. The number of rotatable bonds is 5. The molecule has 1 aliphatic carbocycles. The minimum absolute atomic E-state index is 0.223. The maximum atomic E-state index is 5.45. The standard InChI is InChI=1S/C18H27NO2/c1-17(2,3)19-11-14-10-18(14,4)8-7-13-5-6-15-16(9-13)21-12-20-15/h5-6,9,14,19H,7-8,10-12H2,1-4H3. The first-order valence-corrected chi connectivity index (χ1v) is 7.99. The predicted molar refractivity (Wildman–Crippen MR) is 84.9 cm³/mol. The van der Waals surface area contributed by atoms with E-state index in [1.807, 2.05) is 6.07 Å². The quantitative estimate of drug-likeness (QED) is 0.895. The maximum absolute atomic E-state index is 5.45. The molecule has 21 heavy (non-hydrogen) atoms. The molecule has 1 aromatic carbocycles. The molecule has 1 fully saturated rings. The van der Waals surface area contributed by atoms with Crippen molar-refractivity contribution >= 4 is 0 Å². The number of nitrogens with one attached hydrogen (secondary N) is 1. The van der Waals surface area contributed by atoms with Gasteiger partial charge in [0.15, 0.2) is 11.5 Å². The smallest absolute Gasteiger partial charge is 0.231 e. The lowest BCUT2D eigenvalue weighted by Gasteiger charge is -2.21. The molecule has 3 rings (SSSR count). The summed E-state index contributed by atoms with van der Waals surface area (Å²) in [5.41, 5.74) is 2.09. The third-order valence-corrected chi connectivity index (χ3v) is 4.84. The van der Waals surface area contributed by atoms with E-state index < -0.39 is 0 Å². The molecule has 3 nitrogen and oxygen atoms in total. The zero-order chi connectivity index (χ0) is 15.1. The van der Waals surface area contributed by atoms with Crippen LogP contribution >= 0.6 is 0 Å². The zero-order valence-corrected chi connectivity index (χ0v) is 13.7. The Bertz CT molecular complexity index is 520. The van der Waals surface area contributed by atoms with E-state index in [1.165, 1.54) is 18.4 Å². The maximum Gasteiger partial charge on any atom is 0.231 e. The van der Waals surface area contributed by atoms with Crippen LogP contribution in [0.2, 0.25) is 0 Å². The van der Waals surface area contributed by atoms with Crippen molar-refractivity contribution in [2.45, 2.75) is 52.5 Å². The predicted octanol–water partition coefficient (Wildman–Crippen LogP) is 3.76. The Morgan fingerprint density at radius 2 is 2.00 bits per heavy atom. The van der Waals surface area contributed by atoms with Crippen molar-refractivity contribution in [2.24, 2.45) is 11.3 Å². The van der Waals surface area contributed by atoms with E-state index in [0.29, 0.717) is 12.2 Å². The van der Waals surface area contributed by atoms with Gasteiger partial charge in [-0.05, 0) is 75.6 Å². The van der Waals surface area contributed by atoms with Gasteiger partial charge in [-0.1, -0.05) is 13.0 Å². The van der Waals surface area contributed by atoms with Gasteiger partial charge in [0.25, 0.3) is 0 Å². The van der Waals surface area contributed by atoms with Gasteiger partial charge in [-0.2, -0.15) is 0 Å². The highest BCUT2D eigenvalue weighted by Crippen LogP contribution is 2.55. The molecule has 0 saturated heterocycles. The molecule has 2 unspecified atom stereocenters. The summed E-state index contributed by atoms with van der Waals surface area (Å²) < 4.78 is 10.8. The largest absolute Gasteiger partial charge is 0.454 e. The van der Waals surface area contributed by atoms with Crippen molar-refractivity contribution in [2.75, 3.05) is 13.3 Å². The average Bonchev–Trinajstić information content (AvgIpc) is 2.84. The molecule has 0 aromatic heterocycles. The number of fused-ring (bicyclic) bond motifs is 1. The molecule has 1 aliphatic heterocycles. The molecular formula is C18H27NO2. The summed E-state index contributed by atoms with van der Waals surface area (Å²) in [6, 6.07) is 6.34. The van der Waals surface area contributed by atoms with Crippen molar-refractivity contribution in [1.82, 2.24) is 5.32 Å². The third kappa shape index (κ3) is 3.52. The van der Waals surface area contributed by atoms with Gasteiger partial charge < -0.3 is 14.8 Å². The number of aryl methyl sites for hydroxylation is 1. The molecule has 1 aromatic rings. The van der Waals surface area contributed by atoms with Crippen LogP contribution < -0.4 is 14.8 Å². The van der Waals surface area contributed by atoms with E-state index in [-0.39, 0.29) is 5.54 Å². The Morgan fingerprint density at radius 1 is 1.24 bits per heavy atom. The summed E-state index contributed by atoms with van der Waals surface area (Å²) in [6.45, 7) is 10.6. The summed E-state index contributed by atoms with van der Waals surface area (Å²) in [7, 11) is 0. The van der Waals surface area contributed by atoms with Crippen molar-refractivity contribution in [3.63, 3.8) is 0 Å². The van der Waals surface area contributed by atoms with Crippen LogP contribution in [-0.2, 0) is 6.42 Å². The topological polar surface area (TPSA) is 30.5 Å². The number of benzene rings is 1. The first-order chi connectivity index (χ1) is 9.86. The zero-order valence-electron chi connectivity index (χ0n) is 13.7. The van der Waals surface area contributed by atoms with Gasteiger partial charge in [0.2, 0.25) is 6.79 Å². The van der Waals surface area contributed by atoms with Crippen LogP contribution in [0.25, 0.3) is 0 Å². The second-order valence-electron chi connectivity index (χ2n) is 7.87. The van der Waals surface area contributed by atoms with Crippen LogP contribution in [-0.4, -0.2) is 18.9 Å². The molecule has 0 radical (unpaired) electrons. The lowest BCUT2D eigenvalue weighted by atomic mass is 9.95. The van der Waals surface area contributed by atoms with Gasteiger partial charge in [-0.15, -0.1) is 0 Å². The fraction of sp³-hybridized carbons (Fsp3) is 0.667. The van der Waals surface area contributed by atoms with Crippen LogP contribution in [0, 0.1) is 11.3 Å². The molecule has 0 spiro atoms. The van der Waals surface area contributed by atoms with Crippen molar-refractivity contribution < 1.29 is 9.47 Å². The minimum atomic E-state index is 0.223. The van der Waals surface area contributed by atoms with E-state index in [4.69, 9.17) is 9.47 Å². The lowest BCUT2D eigenvalue weighted by molar-refractivity contribution is 0.174. The fourth-order valence-corrected chi connectivity index (χ4v) is 3.08. The SMILES string of the molecule is CC(C)(C)NCC1CC1(C)CCc1ccc2c(c1)OCO2. The van der Waals surface area contributed by atoms with Crippen LogP contribution in [0.15, 0.2) is 18.2 Å². The Hall–Kier alpha value is -1.22.